The zero-order valence-electron chi connectivity index (χ0n) is 12.6. The molecule has 0 bridgehead atoms. The molecule has 2 aromatic heterocycles. The molecule has 0 fully saturated rings. The predicted molar refractivity (Wildman–Crippen MR) is 84.7 cm³/mol. The van der Waals surface area contributed by atoms with Crippen molar-refractivity contribution in [2.75, 3.05) is 18.2 Å². The summed E-state index contributed by atoms with van der Waals surface area (Å²) in [5, 5.41) is 3.04. The molecule has 0 radical (unpaired) electrons. The summed E-state index contributed by atoms with van der Waals surface area (Å²) in [5.74, 6) is 0.879. The molecule has 118 valence electrons. The number of pyridine rings is 2. The summed E-state index contributed by atoms with van der Waals surface area (Å²) in [6.07, 6.45) is 5.27. The van der Waals surface area contributed by atoms with Crippen LogP contribution in [0.3, 0.4) is 0 Å². The lowest BCUT2D eigenvalue weighted by atomic mass is 10.2. The van der Waals surface area contributed by atoms with Gasteiger partial charge in [-0.25, -0.2) is 18.4 Å². The molecule has 0 aromatic carbocycles. The first-order valence-corrected chi connectivity index (χ1v) is 8.87. The lowest BCUT2D eigenvalue weighted by molar-refractivity contribution is 0.302. The monoisotopic (exact) mass is 321 g/mol. The second-order valence-corrected chi connectivity index (χ2v) is 6.78. The molecule has 0 amide bonds. The number of nitrogens with one attached hydrogen (secondary N) is 1. The number of sulfone groups is 1. The van der Waals surface area contributed by atoms with Gasteiger partial charge in [0.05, 0.1) is 6.61 Å². The summed E-state index contributed by atoms with van der Waals surface area (Å²) in [7, 11) is -3.33. The third kappa shape index (κ3) is 4.17. The van der Waals surface area contributed by atoms with Crippen molar-refractivity contribution in [3.05, 3.63) is 42.2 Å². The lowest BCUT2D eigenvalue weighted by Crippen LogP contribution is -2.09. The first kappa shape index (κ1) is 16.2. The first-order chi connectivity index (χ1) is 10.5. The molecule has 0 aliphatic carbocycles. The topological polar surface area (TPSA) is 81.2 Å². The van der Waals surface area contributed by atoms with E-state index in [9.17, 15) is 8.42 Å². The van der Waals surface area contributed by atoms with Crippen molar-refractivity contribution in [1.82, 2.24) is 9.97 Å². The Hall–Kier alpha value is -2.15. The highest BCUT2D eigenvalue weighted by Crippen LogP contribution is 2.20. The number of aromatic nitrogens is 2. The van der Waals surface area contributed by atoms with E-state index in [1.54, 1.807) is 18.5 Å². The van der Waals surface area contributed by atoms with Crippen molar-refractivity contribution in [2.24, 2.45) is 0 Å². The van der Waals surface area contributed by atoms with Gasteiger partial charge in [-0.15, -0.1) is 0 Å². The van der Waals surface area contributed by atoms with Gasteiger partial charge in [-0.3, -0.25) is 0 Å². The molecule has 2 aromatic rings. The molecule has 0 saturated carbocycles. The van der Waals surface area contributed by atoms with Crippen molar-refractivity contribution in [2.45, 2.75) is 24.8 Å². The van der Waals surface area contributed by atoms with Gasteiger partial charge < -0.3 is 10.1 Å². The van der Waals surface area contributed by atoms with Crippen LogP contribution < -0.4 is 10.1 Å². The molecule has 22 heavy (non-hydrogen) atoms. The van der Waals surface area contributed by atoms with Gasteiger partial charge in [0.1, 0.15) is 10.7 Å². The van der Waals surface area contributed by atoms with Gasteiger partial charge >= 0.3 is 0 Å². The molecular formula is C15H19N3O3S. The molecule has 2 rings (SSSR count). The third-order valence-electron chi connectivity index (χ3n) is 2.91. The zero-order chi connectivity index (χ0) is 16.0. The maximum atomic E-state index is 11.8. The van der Waals surface area contributed by atoms with E-state index in [1.807, 2.05) is 19.1 Å². The van der Waals surface area contributed by atoms with E-state index in [-0.39, 0.29) is 4.90 Å². The molecule has 0 aliphatic rings. The van der Waals surface area contributed by atoms with Crippen molar-refractivity contribution < 1.29 is 13.2 Å². The van der Waals surface area contributed by atoms with Crippen LogP contribution in [0.2, 0.25) is 0 Å². The van der Waals surface area contributed by atoms with E-state index in [2.05, 4.69) is 15.3 Å². The van der Waals surface area contributed by atoms with Gasteiger partial charge in [-0.05, 0) is 24.6 Å². The molecule has 0 saturated heterocycles. The largest absolute Gasteiger partial charge is 0.477 e. The fourth-order valence-corrected chi connectivity index (χ4v) is 2.69. The molecule has 2 heterocycles. The summed E-state index contributed by atoms with van der Waals surface area (Å²) in [6, 6.07) is 6.82. The van der Waals surface area contributed by atoms with Crippen LogP contribution in [-0.4, -0.2) is 31.2 Å². The summed E-state index contributed by atoms with van der Waals surface area (Å²) in [4.78, 5) is 8.48. The van der Waals surface area contributed by atoms with Gasteiger partial charge in [0.25, 0.3) is 0 Å². The van der Waals surface area contributed by atoms with Gasteiger partial charge in [0.2, 0.25) is 5.88 Å². The molecule has 1 N–H and O–H groups in total. The lowest BCUT2D eigenvalue weighted by Gasteiger charge is -2.12. The fourth-order valence-electron chi connectivity index (χ4n) is 1.89. The Bertz CT molecular complexity index is 732. The summed E-state index contributed by atoms with van der Waals surface area (Å²) >= 11 is 0. The van der Waals surface area contributed by atoms with E-state index < -0.39 is 9.84 Å². The molecule has 7 heteroatoms. The number of rotatable bonds is 7. The predicted octanol–water partition coefficient (Wildman–Crippen LogP) is 2.28. The number of ether oxygens (including phenoxy) is 1. The molecule has 6 nitrogen and oxygen atoms in total. The van der Waals surface area contributed by atoms with Gasteiger partial charge in [-0.2, -0.15) is 0 Å². The average Bonchev–Trinajstić information content (AvgIpc) is 2.51. The second-order valence-electron chi connectivity index (χ2n) is 4.79. The Balaban J connectivity index is 2.18. The zero-order valence-corrected chi connectivity index (χ0v) is 13.4. The molecule has 0 spiro atoms. The van der Waals surface area contributed by atoms with E-state index >= 15 is 0 Å². The Morgan fingerprint density at radius 3 is 2.64 bits per heavy atom. The summed E-state index contributed by atoms with van der Waals surface area (Å²) in [5.41, 5.74) is 0.848. The van der Waals surface area contributed by atoms with Crippen LogP contribution in [0, 0.1) is 0 Å². The van der Waals surface area contributed by atoms with Crippen molar-refractivity contribution in [1.29, 1.82) is 0 Å². The first-order valence-electron chi connectivity index (χ1n) is 6.98. The number of anilines is 1. The van der Waals surface area contributed by atoms with Crippen LogP contribution in [-0.2, 0) is 16.4 Å². The normalized spacial score (nSPS) is 11.2. The molecule has 0 aliphatic heterocycles. The van der Waals surface area contributed by atoms with Crippen LogP contribution in [0.15, 0.2) is 41.6 Å². The molecular weight excluding hydrogens is 302 g/mol. The van der Waals surface area contributed by atoms with E-state index in [1.165, 1.54) is 6.07 Å². The van der Waals surface area contributed by atoms with E-state index in [0.717, 1.165) is 18.2 Å². The summed E-state index contributed by atoms with van der Waals surface area (Å²) in [6.45, 7) is 2.99. The standard InChI is InChI=1S/C15H19N3O3S/c1-3-10-21-15-12(6-4-9-17-15)11-18-14-13(22(2,19)20)7-5-8-16-14/h4-9H,3,10-11H2,1-2H3,(H,16,18). The average molecular weight is 321 g/mol. The van der Waals surface area contributed by atoms with Crippen LogP contribution in [0.4, 0.5) is 5.82 Å². The van der Waals surface area contributed by atoms with E-state index in [0.29, 0.717) is 24.8 Å². The smallest absolute Gasteiger partial charge is 0.218 e. The molecule has 0 unspecified atom stereocenters. The van der Waals surface area contributed by atoms with Crippen molar-refractivity contribution >= 4 is 15.7 Å². The maximum absolute atomic E-state index is 11.8. The highest BCUT2D eigenvalue weighted by molar-refractivity contribution is 7.90. The van der Waals surface area contributed by atoms with Crippen LogP contribution in [0.25, 0.3) is 0 Å². The minimum atomic E-state index is -3.33. The van der Waals surface area contributed by atoms with Gasteiger partial charge in [0.15, 0.2) is 9.84 Å². The number of hydrogen-bond donors (Lipinski definition) is 1. The Kier molecular flexibility index (Phi) is 5.32. The second kappa shape index (κ2) is 7.22. The highest BCUT2D eigenvalue weighted by atomic mass is 32.2. The minimum absolute atomic E-state index is 0.176. The number of nitrogens with zero attached hydrogens (tertiary/aromatic N) is 2. The number of hydrogen-bond acceptors (Lipinski definition) is 6. The van der Waals surface area contributed by atoms with Gasteiger partial charge in [-0.1, -0.05) is 13.0 Å². The fraction of sp³-hybridized carbons (Fsp3) is 0.333. The van der Waals surface area contributed by atoms with Gasteiger partial charge in [0, 0.05) is 30.8 Å². The maximum Gasteiger partial charge on any atom is 0.218 e. The van der Waals surface area contributed by atoms with Crippen LogP contribution in [0.5, 0.6) is 5.88 Å². The Labute approximate surface area is 130 Å². The Morgan fingerprint density at radius 1 is 1.18 bits per heavy atom. The summed E-state index contributed by atoms with van der Waals surface area (Å²) < 4.78 is 29.1. The SMILES string of the molecule is CCCOc1ncccc1CNc1ncccc1S(C)(=O)=O. The van der Waals surface area contributed by atoms with Crippen LogP contribution >= 0.6 is 0 Å². The van der Waals surface area contributed by atoms with E-state index in [4.69, 9.17) is 4.74 Å². The quantitative estimate of drug-likeness (QED) is 0.842. The minimum Gasteiger partial charge on any atom is -0.477 e. The Morgan fingerprint density at radius 2 is 1.91 bits per heavy atom. The van der Waals surface area contributed by atoms with Crippen LogP contribution in [0.1, 0.15) is 18.9 Å². The molecule has 0 atom stereocenters. The highest BCUT2D eigenvalue weighted by Gasteiger charge is 2.14. The third-order valence-corrected chi connectivity index (χ3v) is 4.04. The van der Waals surface area contributed by atoms with Crippen molar-refractivity contribution in [3.63, 3.8) is 0 Å². The van der Waals surface area contributed by atoms with Crippen molar-refractivity contribution in [3.8, 4) is 5.88 Å².